The van der Waals surface area contributed by atoms with Crippen LogP contribution in [0.2, 0.25) is 0 Å². The van der Waals surface area contributed by atoms with Crippen molar-refractivity contribution in [3.8, 4) is 0 Å². The lowest BCUT2D eigenvalue weighted by Gasteiger charge is -2.07. The van der Waals surface area contributed by atoms with Gasteiger partial charge in [0.2, 0.25) is 0 Å². The van der Waals surface area contributed by atoms with Gasteiger partial charge < -0.3 is 4.74 Å². The number of rotatable bonds is 1. The van der Waals surface area contributed by atoms with Crippen LogP contribution in [0.3, 0.4) is 0 Å². The highest BCUT2D eigenvalue weighted by Crippen LogP contribution is 2.10. The first-order valence-electron chi connectivity index (χ1n) is 2.83. The Labute approximate surface area is 52.7 Å². The van der Waals surface area contributed by atoms with E-state index in [9.17, 15) is 4.21 Å². The van der Waals surface area contributed by atoms with Crippen LogP contribution in [0, 0.1) is 0 Å². The minimum absolute atomic E-state index is 0.0521. The van der Waals surface area contributed by atoms with Gasteiger partial charge in [-0.15, -0.1) is 0 Å². The van der Waals surface area contributed by atoms with E-state index in [4.69, 9.17) is 4.74 Å². The molecular formula is C5H9O2S+. The largest absolute Gasteiger partial charge is 0.493 e. The minimum atomic E-state index is -0.0521. The molecule has 0 aromatic heterocycles. The van der Waals surface area contributed by atoms with Gasteiger partial charge in [0.1, 0.15) is 0 Å². The van der Waals surface area contributed by atoms with Crippen molar-refractivity contribution >= 4 is 11.7 Å². The molecule has 1 aliphatic heterocycles. The van der Waals surface area contributed by atoms with Crippen molar-refractivity contribution in [3.63, 3.8) is 0 Å². The summed E-state index contributed by atoms with van der Waals surface area (Å²) in [5, 5.41) is 0. The molecule has 0 spiro atoms. The monoisotopic (exact) mass is 133 g/mol. The maximum atomic E-state index is 10.1. The second kappa shape index (κ2) is 3.10. The molecule has 0 radical (unpaired) electrons. The average molecular weight is 133 g/mol. The SMILES string of the molecule is O=[S+]C1CCCCO1. The summed E-state index contributed by atoms with van der Waals surface area (Å²) >= 11 is 0.574. The quantitative estimate of drug-likeness (QED) is 0.498. The summed E-state index contributed by atoms with van der Waals surface area (Å²) in [6, 6.07) is 0. The van der Waals surface area contributed by atoms with E-state index in [1.807, 2.05) is 0 Å². The van der Waals surface area contributed by atoms with E-state index in [2.05, 4.69) is 0 Å². The normalized spacial score (nSPS) is 29.8. The molecule has 0 aromatic carbocycles. The number of hydrogen-bond donors (Lipinski definition) is 0. The summed E-state index contributed by atoms with van der Waals surface area (Å²) in [5.74, 6) is 0. The Kier molecular flexibility index (Phi) is 2.36. The van der Waals surface area contributed by atoms with Crippen molar-refractivity contribution in [1.82, 2.24) is 0 Å². The Morgan fingerprint density at radius 2 is 2.38 bits per heavy atom. The van der Waals surface area contributed by atoms with Gasteiger partial charge >= 0.3 is 17.1 Å². The molecule has 0 aromatic rings. The lowest BCUT2D eigenvalue weighted by Crippen LogP contribution is -2.16. The molecular weight excluding hydrogens is 124 g/mol. The fourth-order valence-corrected chi connectivity index (χ4v) is 1.20. The highest BCUT2D eigenvalue weighted by atomic mass is 32.1. The van der Waals surface area contributed by atoms with E-state index in [-0.39, 0.29) is 5.44 Å². The van der Waals surface area contributed by atoms with Crippen LogP contribution in [-0.2, 0) is 20.6 Å². The molecule has 1 aliphatic rings. The second-order valence-corrected chi connectivity index (χ2v) is 2.61. The Bertz CT molecular complexity index is 78.5. The zero-order valence-electron chi connectivity index (χ0n) is 4.63. The summed E-state index contributed by atoms with van der Waals surface area (Å²) in [6.45, 7) is 0.778. The van der Waals surface area contributed by atoms with Crippen LogP contribution < -0.4 is 0 Å². The summed E-state index contributed by atoms with van der Waals surface area (Å²) in [6.07, 6.45) is 3.21. The van der Waals surface area contributed by atoms with Crippen LogP contribution in [0.4, 0.5) is 0 Å². The van der Waals surface area contributed by atoms with Crippen LogP contribution in [0.15, 0.2) is 0 Å². The van der Waals surface area contributed by atoms with Gasteiger partial charge in [-0.05, 0) is 12.8 Å². The van der Waals surface area contributed by atoms with Crippen molar-refractivity contribution in [2.75, 3.05) is 6.61 Å². The van der Waals surface area contributed by atoms with Gasteiger partial charge in [-0.2, -0.15) is 0 Å². The third kappa shape index (κ3) is 1.49. The van der Waals surface area contributed by atoms with Crippen molar-refractivity contribution in [3.05, 3.63) is 0 Å². The smallest absolute Gasteiger partial charge is 0.323 e. The molecule has 0 aliphatic carbocycles. The molecule has 46 valence electrons. The number of ether oxygens (including phenoxy) is 1. The van der Waals surface area contributed by atoms with Crippen LogP contribution in [0.1, 0.15) is 19.3 Å². The summed E-state index contributed by atoms with van der Waals surface area (Å²) < 4.78 is 15.2. The molecule has 8 heavy (non-hydrogen) atoms. The van der Waals surface area contributed by atoms with Crippen molar-refractivity contribution in [2.24, 2.45) is 0 Å². The van der Waals surface area contributed by atoms with E-state index in [0.29, 0.717) is 11.7 Å². The molecule has 1 heterocycles. The van der Waals surface area contributed by atoms with E-state index in [1.54, 1.807) is 0 Å². The van der Waals surface area contributed by atoms with Gasteiger partial charge in [0, 0.05) is 10.6 Å². The Morgan fingerprint density at radius 1 is 1.50 bits per heavy atom. The fraction of sp³-hybridized carbons (Fsp3) is 1.00. The minimum Gasteiger partial charge on any atom is -0.323 e. The maximum absolute atomic E-state index is 10.1. The predicted molar refractivity (Wildman–Crippen MR) is 31.6 cm³/mol. The Hall–Kier alpha value is -0.0200. The fourth-order valence-electron chi connectivity index (χ4n) is 0.787. The van der Waals surface area contributed by atoms with Gasteiger partial charge in [-0.3, -0.25) is 0 Å². The highest BCUT2D eigenvalue weighted by Gasteiger charge is 2.24. The van der Waals surface area contributed by atoms with Gasteiger partial charge in [0.15, 0.2) is 0 Å². The lowest BCUT2D eigenvalue weighted by atomic mass is 10.2. The first-order chi connectivity index (χ1) is 3.93. The summed E-state index contributed by atoms with van der Waals surface area (Å²) in [7, 11) is 0. The molecule has 1 unspecified atom stereocenters. The second-order valence-electron chi connectivity index (χ2n) is 1.89. The average Bonchev–Trinajstić information content (AvgIpc) is 1.90. The van der Waals surface area contributed by atoms with Gasteiger partial charge in [0.05, 0.1) is 6.61 Å². The van der Waals surface area contributed by atoms with Crippen LogP contribution in [0.5, 0.6) is 0 Å². The molecule has 0 amide bonds. The van der Waals surface area contributed by atoms with Gasteiger partial charge in [-0.1, -0.05) is 0 Å². The summed E-state index contributed by atoms with van der Waals surface area (Å²) in [4.78, 5) is 0. The Morgan fingerprint density at radius 3 is 2.75 bits per heavy atom. The topological polar surface area (TPSA) is 26.3 Å². The first kappa shape index (κ1) is 6.11. The molecule has 0 bridgehead atoms. The Balaban J connectivity index is 2.22. The first-order valence-corrected chi connectivity index (χ1v) is 3.64. The van der Waals surface area contributed by atoms with Crippen molar-refractivity contribution in [1.29, 1.82) is 0 Å². The third-order valence-corrected chi connectivity index (χ3v) is 1.83. The standard InChI is InChI=1S/C5H9O2S/c6-8-5-3-1-2-4-7-5/h5H,1-4H2/q+1. The van der Waals surface area contributed by atoms with Gasteiger partial charge in [0.25, 0.3) is 0 Å². The predicted octanol–water partition coefficient (Wildman–Crippen LogP) is 0.941. The molecule has 1 fully saturated rings. The molecule has 1 saturated heterocycles. The molecule has 1 atom stereocenters. The highest BCUT2D eigenvalue weighted by molar-refractivity contribution is 7.66. The molecule has 3 heteroatoms. The third-order valence-electron chi connectivity index (χ3n) is 1.25. The molecule has 0 saturated carbocycles. The lowest BCUT2D eigenvalue weighted by molar-refractivity contribution is 0.0708. The van der Waals surface area contributed by atoms with Gasteiger partial charge in [-0.25, -0.2) is 0 Å². The zero-order valence-corrected chi connectivity index (χ0v) is 5.45. The van der Waals surface area contributed by atoms with E-state index in [1.165, 1.54) is 0 Å². The molecule has 0 N–H and O–H groups in total. The van der Waals surface area contributed by atoms with E-state index in [0.717, 1.165) is 25.9 Å². The van der Waals surface area contributed by atoms with Crippen molar-refractivity contribution in [2.45, 2.75) is 24.7 Å². The van der Waals surface area contributed by atoms with Crippen LogP contribution in [-0.4, -0.2) is 12.0 Å². The zero-order chi connectivity index (χ0) is 5.82. The van der Waals surface area contributed by atoms with Crippen LogP contribution >= 0.6 is 0 Å². The maximum Gasteiger partial charge on any atom is 0.493 e. The summed E-state index contributed by atoms with van der Waals surface area (Å²) in [5.41, 5.74) is -0.0521. The van der Waals surface area contributed by atoms with Crippen LogP contribution in [0.25, 0.3) is 0 Å². The number of hydrogen-bond acceptors (Lipinski definition) is 2. The van der Waals surface area contributed by atoms with E-state index >= 15 is 0 Å². The van der Waals surface area contributed by atoms with Crippen molar-refractivity contribution < 1.29 is 8.95 Å². The molecule has 2 nitrogen and oxygen atoms in total. The molecule has 1 rings (SSSR count). The van der Waals surface area contributed by atoms with E-state index < -0.39 is 0 Å².